The zero-order valence-electron chi connectivity index (χ0n) is 17.4. The van der Waals surface area contributed by atoms with Crippen molar-refractivity contribution in [3.8, 4) is 17.1 Å². The van der Waals surface area contributed by atoms with E-state index in [1.54, 1.807) is 29.1 Å². The number of para-hydroxylation sites is 1. The van der Waals surface area contributed by atoms with Crippen molar-refractivity contribution < 1.29 is 13.2 Å². The van der Waals surface area contributed by atoms with Crippen LogP contribution in [0.1, 0.15) is 36.8 Å². The number of nitrogens with zero attached hydrogens (tertiary/aromatic N) is 3. The first-order valence-electron chi connectivity index (χ1n) is 9.40. The Bertz CT molecular complexity index is 1130. The van der Waals surface area contributed by atoms with E-state index >= 15 is 0 Å². The van der Waals surface area contributed by atoms with E-state index in [1.807, 2.05) is 51.1 Å². The highest BCUT2D eigenvalue weighted by Crippen LogP contribution is 2.23. The molecule has 2 N–H and O–H groups in total. The van der Waals surface area contributed by atoms with Crippen LogP contribution >= 0.6 is 0 Å². The van der Waals surface area contributed by atoms with E-state index in [9.17, 15) is 13.2 Å². The molecule has 0 fully saturated rings. The van der Waals surface area contributed by atoms with Crippen molar-refractivity contribution >= 4 is 15.9 Å². The summed E-state index contributed by atoms with van der Waals surface area (Å²) >= 11 is 0. The minimum Gasteiger partial charge on any atom is -0.346 e. The number of pyridine rings is 1. The Morgan fingerprint density at radius 3 is 2.37 bits per heavy atom. The standard InChI is InChI=1S/C21H25N5O3S/c1-21(2,3)24-20(27)18-12-19(26(25-18)16-8-6-5-7-9-16)17-11-10-15(13-22-17)14-23-30(4,28)29/h5-13,23H,14H2,1-4H3,(H,24,27). The van der Waals surface area contributed by atoms with Gasteiger partial charge in [0.15, 0.2) is 5.69 Å². The minimum absolute atomic E-state index is 0.156. The van der Waals surface area contributed by atoms with Gasteiger partial charge in [0.05, 0.1) is 23.3 Å². The van der Waals surface area contributed by atoms with Gasteiger partial charge in [0, 0.05) is 18.3 Å². The first-order chi connectivity index (χ1) is 14.0. The summed E-state index contributed by atoms with van der Waals surface area (Å²) in [5.41, 5.74) is 2.69. The average molecular weight is 428 g/mol. The zero-order valence-corrected chi connectivity index (χ0v) is 18.2. The summed E-state index contributed by atoms with van der Waals surface area (Å²) in [6.07, 6.45) is 2.71. The number of hydrogen-bond acceptors (Lipinski definition) is 5. The van der Waals surface area contributed by atoms with Crippen molar-refractivity contribution in [2.45, 2.75) is 32.9 Å². The number of carbonyl (C=O) groups excluding carboxylic acids is 1. The third-order valence-electron chi connectivity index (χ3n) is 4.06. The summed E-state index contributed by atoms with van der Waals surface area (Å²) in [5, 5.41) is 7.42. The first kappa shape index (κ1) is 21.7. The second-order valence-electron chi connectivity index (χ2n) is 8.01. The highest BCUT2D eigenvalue weighted by atomic mass is 32.2. The summed E-state index contributed by atoms with van der Waals surface area (Å²) in [7, 11) is -3.28. The third kappa shape index (κ3) is 5.74. The Morgan fingerprint density at radius 1 is 1.10 bits per heavy atom. The molecule has 2 aromatic heterocycles. The van der Waals surface area contributed by atoms with E-state index in [2.05, 4.69) is 20.1 Å². The van der Waals surface area contributed by atoms with Gasteiger partial charge in [-0.15, -0.1) is 0 Å². The van der Waals surface area contributed by atoms with E-state index < -0.39 is 10.0 Å². The Morgan fingerprint density at radius 2 is 1.80 bits per heavy atom. The van der Waals surface area contributed by atoms with Gasteiger partial charge in [-0.1, -0.05) is 24.3 Å². The summed E-state index contributed by atoms with van der Waals surface area (Å²) in [5.74, 6) is -0.271. The lowest BCUT2D eigenvalue weighted by atomic mass is 10.1. The van der Waals surface area contributed by atoms with E-state index in [4.69, 9.17) is 0 Å². The number of nitrogens with one attached hydrogen (secondary N) is 2. The number of sulfonamides is 1. The molecule has 2 heterocycles. The largest absolute Gasteiger partial charge is 0.346 e. The summed E-state index contributed by atoms with van der Waals surface area (Å²) < 4.78 is 26.7. The second kappa shape index (κ2) is 8.37. The molecule has 0 aliphatic heterocycles. The lowest BCUT2D eigenvalue weighted by Crippen LogP contribution is -2.40. The molecule has 0 saturated heterocycles. The summed E-state index contributed by atoms with van der Waals surface area (Å²) in [4.78, 5) is 17.1. The quantitative estimate of drug-likeness (QED) is 0.629. The van der Waals surface area contributed by atoms with E-state index in [1.165, 1.54) is 0 Å². The predicted molar refractivity (Wildman–Crippen MR) is 116 cm³/mol. The molecule has 0 unspecified atom stereocenters. The van der Waals surface area contributed by atoms with Gasteiger partial charge >= 0.3 is 0 Å². The summed E-state index contributed by atoms with van der Waals surface area (Å²) in [6, 6.07) is 14.7. The van der Waals surface area contributed by atoms with Gasteiger partial charge in [0.2, 0.25) is 10.0 Å². The zero-order chi connectivity index (χ0) is 21.9. The van der Waals surface area contributed by atoms with E-state index in [0.717, 1.165) is 17.5 Å². The SMILES string of the molecule is CC(C)(C)NC(=O)c1cc(-c2ccc(CNS(C)(=O)=O)cn2)n(-c2ccccc2)n1. The maximum absolute atomic E-state index is 12.6. The fraction of sp³-hybridized carbons (Fsp3) is 0.286. The van der Waals surface area contributed by atoms with Gasteiger partial charge in [0.1, 0.15) is 0 Å². The van der Waals surface area contributed by atoms with Gasteiger partial charge in [-0.3, -0.25) is 9.78 Å². The first-order valence-corrected chi connectivity index (χ1v) is 11.3. The average Bonchev–Trinajstić information content (AvgIpc) is 3.11. The second-order valence-corrected chi connectivity index (χ2v) is 9.84. The van der Waals surface area contributed by atoms with Crippen LogP contribution in [-0.4, -0.2) is 40.9 Å². The molecule has 0 atom stereocenters. The predicted octanol–water partition coefficient (Wildman–Crippen LogP) is 2.51. The van der Waals surface area contributed by atoms with Gasteiger partial charge in [0.25, 0.3) is 5.91 Å². The molecule has 1 amide bonds. The van der Waals surface area contributed by atoms with Crippen molar-refractivity contribution in [3.63, 3.8) is 0 Å². The Balaban J connectivity index is 1.97. The molecule has 1 aromatic carbocycles. The van der Waals surface area contributed by atoms with Crippen LogP contribution in [0.5, 0.6) is 0 Å². The van der Waals surface area contributed by atoms with Crippen LogP contribution < -0.4 is 10.0 Å². The molecule has 3 aromatic rings. The molecular weight excluding hydrogens is 402 g/mol. The van der Waals surface area contributed by atoms with Crippen LogP contribution in [0, 0.1) is 0 Å². The maximum Gasteiger partial charge on any atom is 0.272 e. The van der Waals surface area contributed by atoms with Crippen LogP contribution in [0.3, 0.4) is 0 Å². The van der Waals surface area contributed by atoms with Gasteiger partial charge in [-0.25, -0.2) is 17.8 Å². The monoisotopic (exact) mass is 427 g/mol. The fourth-order valence-electron chi connectivity index (χ4n) is 2.74. The Labute approximate surface area is 176 Å². The summed E-state index contributed by atoms with van der Waals surface area (Å²) in [6.45, 7) is 5.88. The van der Waals surface area contributed by atoms with Crippen molar-refractivity contribution in [2.75, 3.05) is 6.26 Å². The Kier molecular flexibility index (Phi) is 6.04. The highest BCUT2D eigenvalue weighted by Gasteiger charge is 2.21. The van der Waals surface area contributed by atoms with Crippen LogP contribution in [0.2, 0.25) is 0 Å². The molecule has 0 aliphatic carbocycles. The molecule has 158 valence electrons. The molecular formula is C21H25N5O3S. The molecule has 0 bridgehead atoms. The van der Waals surface area contributed by atoms with Crippen molar-refractivity contribution in [2.24, 2.45) is 0 Å². The number of rotatable bonds is 6. The lowest BCUT2D eigenvalue weighted by molar-refractivity contribution is 0.0914. The topological polar surface area (TPSA) is 106 Å². The fourth-order valence-corrected chi connectivity index (χ4v) is 3.17. The third-order valence-corrected chi connectivity index (χ3v) is 4.73. The molecule has 8 nitrogen and oxygen atoms in total. The minimum atomic E-state index is -3.28. The van der Waals surface area contributed by atoms with Gasteiger partial charge in [-0.05, 0) is 50.6 Å². The Hall–Kier alpha value is -3.04. The van der Waals surface area contributed by atoms with Crippen LogP contribution in [0.25, 0.3) is 17.1 Å². The molecule has 0 aliphatic rings. The number of amides is 1. The van der Waals surface area contributed by atoms with Gasteiger partial charge < -0.3 is 5.32 Å². The van der Waals surface area contributed by atoms with Crippen molar-refractivity contribution in [1.29, 1.82) is 0 Å². The van der Waals surface area contributed by atoms with Crippen LogP contribution in [0.15, 0.2) is 54.7 Å². The molecule has 0 spiro atoms. The number of carbonyl (C=O) groups is 1. The van der Waals surface area contributed by atoms with E-state index in [-0.39, 0.29) is 23.7 Å². The molecule has 0 saturated carbocycles. The number of benzene rings is 1. The van der Waals surface area contributed by atoms with Gasteiger partial charge in [-0.2, -0.15) is 5.10 Å². The molecule has 3 rings (SSSR count). The van der Waals surface area contributed by atoms with Crippen LogP contribution in [-0.2, 0) is 16.6 Å². The highest BCUT2D eigenvalue weighted by molar-refractivity contribution is 7.88. The maximum atomic E-state index is 12.6. The lowest BCUT2D eigenvalue weighted by Gasteiger charge is -2.19. The number of aromatic nitrogens is 3. The normalized spacial score (nSPS) is 12.0. The smallest absolute Gasteiger partial charge is 0.272 e. The van der Waals surface area contributed by atoms with E-state index in [0.29, 0.717) is 11.4 Å². The van der Waals surface area contributed by atoms with Crippen molar-refractivity contribution in [3.05, 3.63) is 66.0 Å². The molecule has 30 heavy (non-hydrogen) atoms. The van der Waals surface area contributed by atoms with Crippen molar-refractivity contribution in [1.82, 2.24) is 24.8 Å². The molecule has 9 heteroatoms. The number of hydrogen-bond donors (Lipinski definition) is 2. The molecule has 0 radical (unpaired) electrons. The van der Waals surface area contributed by atoms with Crippen LogP contribution in [0.4, 0.5) is 0 Å².